The summed E-state index contributed by atoms with van der Waals surface area (Å²) in [5, 5.41) is 3.39. The van der Waals surface area contributed by atoms with Gasteiger partial charge in [0.05, 0.1) is 12.2 Å². The summed E-state index contributed by atoms with van der Waals surface area (Å²) in [5.74, 6) is 1.27. The molecular formula is C13H26N2O. The van der Waals surface area contributed by atoms with Gasteiger partial charge in [-0.2, -0.15) is 0 Å². The predicted octanol–water partition coefficient (Wildman–Crippen LogP) is 2.22. The Hall–Kier alpha value is -0.570. The van der Waals surface area contributed by atoms with E-state index >= 15 is 0 Å². The maximum atomic E-state index is 12.1. The van der Waals surface area contributed by atoms with Gasteiger partial charge in [0.1, 0.15) is 0 Å². The molecule has 1 heterocycles. The highest BCUT2D eigenvalue weighted by molar-refractivity contribution is 5.84. The Morgan fingerprint density at radius 3 is 2.31 bits per heavy atom. The fourth-order valence-electron chi connectivity index (χ4n) is 2.35. The van der Waals surface area contributed by atoms with Crippen LogP contribution in [0.4, 0.5) is 0 Å². The molecule has 0 bridgehead atoms. The van der Waals surface area contributed by atoms with Gasteiger partial charge in [0.25, 0.3) is 0 Å². The van der Waals surface area contributed by atoms with E-state index in [1.807, 2.05) is 6.92 Å². The molecule has 0 aromatic carbocycles. The van der Waals surface area contributed by atoms with Crippen LogP contribution in [0.3, 0.4) is 0 Å². The Kier molecular flexibility index (Phi) is 4.36. The highest BCUT2D eigenvalue weighted by atomic mass is 16.2. The van der Waals surface area contributed by atoms with Crippen LogP contribution in [0, 0.1) is 11.8 Å². The number of carbonyl (C=O) groups excluding carboxylic acids is 1. The lowest BCUT2D eigenvalue weighted by Crippen LogP contribution is -2.48. The van der Waals surface area contributed by atoms with Crippen molar-refractivity contribution in [1.82, 2.24) is 10.2 Å². The smallest absolute Gasteiger partial charge is 0.240 e. The summed E-state index contributed by atoms with van der Waals surface area (Å²) < 4.78 is 0. The molecule has 3 heteroatoms. The normalized spacial score (nSPS) is 29.9. The molecule has 1 amide bonds. The van der Waals surface area contributed by atoms with E-state index in [1.165, 1.54) is 0 Å². The van der Waals surface area contributed by atoms with Crippen molar-refractivity contribution in [2.45, 2.75) is 66.2 Å². The summed E-state index contributed by atoms with van der Waals surface area (Å²) in [7, 11) is 0. The molecule has 0 aromatic rings. The van der Waals surface area contributed by atoms with Crippen LogP contribution >= 0.6 is 0 Å². The van der Waals surface area contributed by atoms with Crippen molar-refractivity contribution in [1.29, 1.82) is 0 Å². The first-order chi connectivity index (χ1) is 7.40. The van der Waals surface area contributed by atoms with Crippen molar-refractivity contribution >= 4 is 5.91 Å². The molecule has 4 unspecified atom stereocenters. The molecule has 1 aliphatic heterocycles. The Morgan fingerprint density at radius 1 is 1.31 bits per heavy atom. The molecule has 1 rings (SSSR count). The Morgan fingerprint density at radius 2 is 1.88 bits per heavy atom. The zero-order valence-corrected chi connectivity index (χ0v) is 11.4. The monoisotopic (exact) mass is 226 g/mol. The number of amides is 1. The second-order valence-electron chi connectivity index (χ2n) is 5.45. The molecular weight excluding hydrogens is 200 g/mol. The molecule has 3 nitrogen and oxygen atoms in total. The quantitative estimate of drug-likeness (QED) is 0.797. The molecule has 0 radical (unpaired) electrons. The van der Waals surface area contributed by atoms with E-state index in [4.69, 9.17) is 0 Å². The van der Waals surface area contributed by atoms with Crippen molar-refractivity contribution in [3.63, 3.8) is 0 Å². The Balaban J connectivity index is 2.85. The highest BCUT2D eigenvalue weighted by Crippen LogP contribution is 2.24. The van der Waals surface area contributed by atoms with E-state index in [1.54, 1.807) is 0 Å². The van der Waals surface area contributed by atoms with E-state index < -0.39 is 0 Å². The minimum absolute atomic E-state index is 0.0288. The molecule has 1 saturated heterocycles. The first-order valence-electron chi connectivity index (χ1n) is 6.48. The van der Waals surface area contributed by atoms with E-state index in [-0.39, 0.29) is 18.1 Å². The Labute approximate surface area is 99.6 Å². The molecule has 1 aliphatic rings. The maximum Gasteiger partial charge on any atom is 0.240 e. The fraction of sp³-hybridized carbons (Fsp3) is 0.923. The van der Waals surface area contributed by atoms with Gasteiger partial charge in [-0.05, 0) is 25.7 Å². The third-order valence-corrected chi connectivity index (χ3v) is 3.88. The lowest BCUT2D eigenvalue weighted by molar-refractivity contribution is -0.133. The van der Waals surface area contributed by atoms with Gasteiger partial charge < -0.3 is 4.90 Å². The number of hydrogen-bond acceptors (Lipinski definition) is 2. The topological polar surface area (TPSA) is 32.3 Å². The van der Waals surface area contributed by atoms with E-state index in [2.05, 4.69) is 44.8 Å². The summed E-state index contributed by atoms with van der Waals surface area (Å²) in [6, 6.07) is 0.293. The minimum Gasteiger partial charge on any atom is -0.323 e. The molecule has 0 aromatic heterocycles. The van der Waals surface area contributed by atoms with Gasteiger partial charge in [0.15, 0.2) is 0 Å². The lowest BCUT2D eigenvalue weighted by atomic mass is 9.97. The fourth-order valence-corrected chi connectivity index (χ4v) is 2.35. The third kappa shape index (κ3) is 2.40. The van der Waals surface area contributed by atoms with E-state index in [0.717, 1.165) is 6.42 Å². The van der Waals surface area contributed by atoms with Crippen LogP contribution in [0.1, 0.15) is 48.0 Å². The zero-order valence-electron chi connectivity index (χ0n) is 11.4. The second-order valence-corrected chi connectivity index (χ2v) is 5.45. The molecule has 1 fully saturated rings. The third-order valence-electron chi connectivity index (χ3n) is 3.88. The number of hydrogen-bond donors (Lipinski definition) is 1. The van der Waals surface area contributed by atoms with Crippen LogP contribution < -0.4 is 5.32 Å². The van der Waals surface area contributed by atoms with Crippen molar-refractivity contribution in [2.24, 2.45) is 11.8 Å². The van der Waals surface area contributed by atoms with Crippen LogP contribution in [0.15, 0.2) is 0 Å². The SMILES string of the molecule is CCC(C)C(C)N1C(=O)C(C)NC1C(C)C. The summed E-state index contributed by atoms with van der Waals surface area (Å²) in [6.07, 6.45) is 1.32. The number of rotatable bonds is 4. The Bertz CT molecular complexity index is 252. The number of nitrogens with one attached hydrogen (secondary N) is 1. The lowest BCUT2D eigenvalue weighted by Gasteiger charge is -2.35. The predicted molar refractivity (Wildman–Crippen MR) is 67.0 cm³/mol. The van der Waals surface area contributed by atoms with Gasteiger partial charge in [0.2, 0.25) is 5.91 Å². The average Bonchev–Trinajstić information content (AvgIpc) is 2.54. The summed E-state index contributed by atoms with van der Waals surface area (Å²) >= 11 is 0. The number of nitrogens with zero attached hydrogens (tertiary/aromatic N) is 1. The molecule has 1 N–H and O–H groups in total. The molecule has 0 saturated carbocycles. The molecule has 4 atom stereocenters. The largest absolute Gasteiger partial charge is 0.323 e. The van der Waals surface area contributed by atoms with E-state index in [0.29, 0.717) is 17.9 Å². The molecule has 0 spiro atoms. The summed E-state index contributed by atoms with van der Waals surface area (Å²) in [4.78, 5) is 14.2. The first kappa shape index (κ1) is 13.5. The van der Waals surface area contributed by atoms with Crippen LogP contribution in [0.25, 0.3) is 0 Å². The van der Waals surface area contributed by atoms with Gasteiger partial charge in [0, 0.05) is 6.04 Å². The van der Waals surface area contributed by atoms with Crippen LogP contribution in [-0.4, -0.2) is 29.1 Å². The van der Waals surface area contributed by atoms with Crippen LogP contribution in [0.2, 0.25) is 0 Å². The summed E-state index contributed by atoms with van der Waals surface area (Å²) in [6.45, 7) is 12.9. The van der Waals surface area contributed by atoms with Crippen molar-refractivity contribution in [2.75, 3.05) is 0 Å². The number of carbonyl (C=O) groups is 1. The van der Waals surface area contributed by atoms with Crippen molar-refractivity contribution < 1.29 is 4.79 Å². The van der Waals surface area contributed by atoms with Crippen molar-refractivity contribution in [3.8, 4) is 0 Å². The van der Waals surface area contributed by atoms with Gasteiger partial charge in [-0.25, -0.2) is 0 Å². The standard InChI is InChI=1S/C13H26N2O/c1-7-9(4)11(6)15-12(8(2)3)14-10(5)13(15)16/h8-12,14H,7H2,1-6H3. The van der Waals surface area contributed by atoms with Crippen LogP contribution in [-0.2, 0) is 4.79 Å². The van der Waals surface area contributed by atoms with Gasteiger partial charge in [-0.15, -0.1) is 0 Å². The minimum atomic E-state index is -0.0288. The van der Waals surface area contributed by atoms with Crippen LogP contribution in [0.5, 0.6) is 0 Å². The average molecular weight is 226 g/mol. The molecule has 0 aliphatic carbocycles. The van der Waals surface area contributed by atoms with E-state index in [9.17, 15) is 4.79 Å². The van der Waals surface area contributed by atoms with Gasteiger partial charge >= 0.3 is 0 Å². The molecule has 16 heavy (non-hydrogen) atoms. The first-order valence-corrected chi connectivity index (χ1v) is 6.48. The van der Waals surface area contributed by atoms with Crippen molar-refractivity contribution in [3.05, 3.63) is 0 Å². The van der Waals surface area contributed by atoms with Gasteiger partial charge in [-0.3, -0.25) is 10.1 Å². The van der Waals surface area contributed by atoms with Gasteiger partial charge in [-0.1, -0.05) is 34.1 Å². The maximum absolute atomic E-state index is 12.1. The highest BCUT2D eigenvalue weighted by Gasteiger charge is 2.41. The summed E-state index contributed by atoms with van der Waals surface area (Å²) in [5.41, 5.74) is 0. The molecule has 94 valence electrons. The zero-order chi connectivity index (χ0) is 12.5. The second kappa shape index (κ2) is 5.17.